The van der Waals surface area contributed by atoms with Gasteiger partial charge in [0.15, 0.2) is 0 Å². The normalized spacial score (nSPS) is 21.0. The Hall–Kier alpha value is -1.60. The quantitative estimate of drug-likeness (QED) is 0.685. The van der Waals surface area contributed by atoms with Gasteiger partial charge in [0.2, 0.25) is 0 Å². The van der Waals surface area contributed by atoms with Gasteiger partial charge in [-0.2, -0.15) is 5.10 Å². The summed E-state index contributed by atoms with van der Waals surface area (Å²) in [6.45, 7) is 5.68. The van der Waals surface area contributed by atoms with Gasteiger partial charge in [-0.1, -0.05) is 12.1 Å². The smallest absolute Gasteiger partial charge is 0.255 e. The summed E-state index contributed by atoms with van der Waals surface area (Å²) >= 11 is 0. The summed E-state index contributed by atoms with van der Waals surface area (Å²) in [6.07, 6.45) is 7.00. The van der Waals surface area contributed by atoms with Gasteiger partial charge in [0, 0.05) is 43.5 Å². The topological polar surface area (TPSA) is 68.2 Å². The van der Waals surface area contributed by atoms with Crippen molar-refractivity contribution in [1.29, 1.82) is 0 Å². The molecule has 0 unspecified atom stereocenters. The average Bonchev–Trinajstić information content (AvgIpc) is 3.36. The molecule has 2 atom stereocenters. The molecule has 6 nitrogen and oxygen atoms in total. The Morgan fingerprint density at radius 2 is 2.07 bits per heavy atom. The summed E-state index contributed by atoms with van der Waals surface area (Å²) in [7, 11) is 0. The van der Waals surface area contributed by atoms with Crippen molar-refractivity contribution < 1.29 is 9.53 Å². The fraction of sp³-hybridized carbons (Fsp3) is 0.524. The highest BCUT2D eigenvalue weighted by Crippen LogP contribution is 2.41. The van der Waals surface area contributed by atoms with Gasteiger partial charge >= 0.3 is 0 Å². The van der Waals surface area contributed by atoms with Crippen LogP contribution in [-0.4, -0.2) is 41.5 Å². The molecule has 1 amide bonds. The zero-order valence-corrected chi connectivity index (χ0v) is 18.3. The highest BCUT2D eigenvalue weighted by atomic mass is 35.5. The number of carbonyl (C=O) groups is 1. The number of benzene rings is 1. The van der Waals surface area contributed by atoms with E-state index in [0.717, 1.165) is 57.2 Å². The number of hydrogen-bond acceptors (Lipinski definition) is 4. The first-order valence-corrected chi connectivity index (χ1v) is 9.98. The van der Waals surface area contributed by atoms with Crippen LogP contribution in [0.3, 0.4) is 0 Å². The molecule has 0 bridgehead atoms. The van der Waals surface area contributed by atoms with E-state index in [0.29, 0.717) is 17.5 Å². The molecule has 1 saturated heterocycles. The van der Waals surface area contributed by atoms with Gasteiger partial charge in [0.05, 0.1) is 11.9 Å². The predicted molar refractivity (Wildman–Crippen MR) is 119 cm³/mol. The molecule has 1 aliphatic heterocycles. The Balaban J connectivity index is 0.00000150. The molecular weight excluding hydrogens is 411 g/mol. The van der Waals surface area contributed by atoms with Crippen molar-refractivity contribution in [2.75, 3.05) is 25.1 Å². The SMILES string of the molecule is CCn1cc(NC(=O)c2cccc([C@@H]3C[C@H]3NCC3CCOCC3)c2)cn1.Cl.Cl. The van der Waals surface area contributed by atoms with Crippen LogP contribution in [-0.2, 0) is 11.3 Å². The molecule has 0 radical (unpaired) electrons. The lowest BCUT2D eigenvalue weighted by Crippen LogP contribution is -2.29. The molecule has 4 rings (SSSR count). The van der Waals surface area contributed by atoms with Crippen LogP contribution >= 0.6 is 24.8 Å². The van der Waals surface area contributed by atoms with Gasteiger partial charge in [-0.25, -0.2) is 0 Å². The van der Waals surface area contributed by atoms with E-state index in [1.165, 1.54) is 5.56 Å². The lowest BCUT2D eigenvalue weighted by molar-refractivity contribution is 0.0662. The zero-order chi connectivity index (χ0) is 18.6. The van der Waals surface area contributed by atoms with Crippen LogP contribution in [0.1, 0.15) is 48.0 Å². The summed E-state index contributed by atoms with van der Waals surface area (Å²) in [5.41, 5.74) is 2.68. The monoisotopic (exact) mass is 440 g/mol. The molecular formula is C21H30Cl2N4O2. The molecule has 2 N–H and O–H groups in total. The number of hydrogen-bond donors (Lipinski definition) is 2. The van der Waals surface area contributed by atoms with Gasteiger partial charge in [-0.15, -0.1) is 24.8 Å². The van der Waals surface area contributed by atoms with Crippen molar-refractivity contribution in [1.82, 2.24) is 15.1 Å². The number of nitrogens with one attached hydrogen (secondary N) is 2. The van der Waals surface area contributed by atoms with Crippen LogP contribution in [0.15, 0.2) is 36.7 Å². The van der Waals surface area contributed by atoms with Gasteiger partial charge in [0.1, 0.15) is 0 Å². The number of aryl methyl sites for hydroxylation is 1. The van der Waals surface area contributed by atoms with Gasteiger partial charge < -0.3 is 15.4 Å². The second-order valence-electron chi connectivity index (χ2n) is 7.58. The van der Waals surface area contributed by atoms with Crippen LogP contribution < -0.4 is 10.6 Å². The van der Waals surface area contributed by atoms with E-state index in [2.05, 4.69) is 21.8 Å². The molecule has 2 fully saturated rings. The summed E-state index contributed by atoms with van der Waals surface area (Å²) in [6, 6.07) is 8.55. The van der Waals surface area contributed by atoms with E-state index in [1.807, 2.05) is 31.3 Å². The number of rotatable bonds is 7. The summed E-state index contributed by atoms with van der Waals surface area (Å²) in [4.78, 5) is 12.5. The minimum atomic E-state index is -0.0835. The van der Waals surface area contributed by atoms with E-state index < -0.39 is 0 Å². The maximum atomic E-state index is 12.5. The Morgan fingerprint density at radius 1 is 1.28 bits per heavy atom. The minimum absolute atomic E-state index is 0. The lowest BCUT2D eigenvalue weighted by Gasteiger charge is -2.22. The first kappa shape index (κ1) is 23.7. The number of halogens is 2. The largest absolute Gasteiger partial charge is 0.381 e. The first-order chi connectivity index (χ1) is 13.2. The van der Waals surface area contributed by atoms with E-state index in [4.69, 9.17) is 4.74 Å². The van der Waals surface area contributed by atoms with Crippen LogP contribution in [0.25, 0.3) is 0 Å². The second kappa shape index (κ2) is 11.0. The van der Waals surface area contributed by atoms with E-state index in [-0.39, 0.29) is 30.7 Å². The van der Waals surface area contributed by atoms with Crippen LogP contribution in [0.4, 0.5) is 5.69 Å². The van der Waals surface area contributed by atoms with Crippen LogP contribution in [0, 0.1) is 5.92 Å². The maximum absolute atomic E-state index is 12.5. The molecule has 1 aromatic carbocycles. The number of amides is 1. The maximum Gasteiger partial charge on any atom is 0.255 e. The minimum Gasteiger partial charge on any atom is -0.381 e. The molecule has 2 heterocycles. The Morgan fingerprint density at radius 3 is 2.79 bits per heavy atom. The van der Waals surface area contributed by atoms with E-state index in [9.17, 15) is 4.79 Å². The van der Waals surface area contributed by atoms with E-state index >= 15 is 0 Å². The predicted octanol–water partition coefficient (Wildman–Crippen LogP) is 3.87. The molecule has 160 valence electrons. The van der Waals surface area contributed by atoms with Crippen molar-refractivity contribution in [3.05, 3.63) is 47.8 Å². The Bertz CT molecular complexity index is 792. The van der Waals surface area contributed by atoms with Crippen molar-refractivity contribution in [2.24, 2.45) is 5.92 Å². The second-order valence-corrected chi connectivity index (χ2v) is 7.58. The van der Waals surface area contributed by atoms with Gasteiger partial charge in [-0.3, -0.25) is 9.48 Å². The lowest BCUT2D eigenvalue weighted by atomic mass is 10.0. The summed E-state index contributed by atoms with van der Waals surface area (Å²) in [5.74, 6) is 1.17. The average molecular weight is 441 g/mol. The third kappa shape index (κ3) is 6.19. The van der Waals surface area contributed by atoms with Crippen molar-refractivity contribution >= 4 is 36.4 Å². The number of aromatic nitrogens is 2. The molecule has 1 saturated carbocycles. The first-order valence-electron chi connectivity index (χ1n) is 9.98. The molecule has 1 aromatic heterocycles. The van der Waals surface area contributed by atoms with Crippen molar-refractivity contribution in [3.8, 4) is 0 Å². The van der Waals surface area contributed by atoms with Gasteiger partial charge in [-0.05, 0) is 56.3 Å². The number of ether oxygens (including phenoxy) is 1. The van der Waals surface area contributed by atoms with Gasteiger partial charge in [0.25, 0.3) is 5.91 Å². The fourth-order valence-corrected chi connectivity index (χ4v) is 3.77. The van der Waals surface area contributed by atoms with Crippen molar-refractivity contribution in [2.45, 2.75) is 44.7 Å². The molecule has 2 aliphatic rings. The Kier molecular flexibility index (Phi) is 8.96. The number of nitrogens with zero attached hydrogens (tertiary/aromatic N) is 2. The Labute approximate surface area is 184 Å². The highest BCUT2D eigenvalue weighted by Gasteiger charge is 2.38. The number of carbonyl (C=O) groups excluding carboxylic acids is 1. The number of anilines is 1. The standard InChI is InChI=1S/C21H28N4O2.2ClH/c1-2-25-14-18(13-23-25)24-21(26)17-5-3-4-16(10-17)19-11-20(19)22-12-15-6-8-27-9-7-15;;/h3-5,10,13-15,19-20,22H,2,6-9,11-12H2,1H3,(H,24,26);2*1H/t19-,20+;;/m0../s1. The van der Waals surface area contributed by atoms with Crippen LogP contribution in [0.2, 0.25) is 0 Å². The molecule has 0 spiro atoms. The van der Waals surface area contributed by atoms with Crippen molar-refractivity contribution in [3.63, 3.8) is 0 Å². The third-order valence-corrected chi connectivity index (χ3v) is 5.59. The third-order valence-electron chi connectivity index (χ3n) is 5.59. The molecule has 2 aromatic rings. The summed E-state index contributed by atoms with van der Waals surface area (Å²) in [5, 5.41) is 10.8. The summed E-state index contributed by atoms with van der Waals surface area (Å²) < 4.78 is 7.22. The molecule has 8 heteroatoms. The molecule has 29 heavy (non-hydrogen) atoms. The van der Waals surface area contributed by atoms with Crippen LogP contribution in [0.5, 0.6) is 0 Å². The highest BCUT2D eigenvalue weighted by molar-refractivity contribution is 6.04. The zero-order valence-electron chi connectivity index (χ0n) is 16.7. The molecule has 1 aliphatic carbocycles. The fourth-order valence-electron chi connectivity index (χ4n) is 3.77. The van der Waals surface area contributed by atoms with E-state index in [1.54, 1.807) is 10.9 Å².